The number of aromatic nitrogens is 1. The van der Waals surface area contributed by atoms with Gasteiger partial charge in [0.1, 0.15) is 5.75 Å². The Morgan fingerprint density at radius 3 is 2.65 bits per heavy atom. The van der Waals surface area contributed by atoms with Crippen molar-refractivity contribution in [3.8, 4) is 11.6 Å². The highest BCUT2D eigenvalue weighted by molar-refractivity contribution is 5.32. The third kappa shape index (κ3) is 2.82. The van der Waals surface area contributed by atoms with Crippen LogP contribution in [0.15, 0.2) is 36.4 Å². The molecule has 0 atom stereocenters. The van der Waals surface area contributed by atoms with E-state index in [2.05, 4.69) is 4.98 Å². The van der Waals surface area contributed by atoms with Crippen LogP contribution in [0.4, 0.5) is 0 Å². The van der Waals surface area contributed by atoms with Gasteiger partial charge in [0.15, 0.2) is 0 Å². The Morgan fingerprint density at radius 2 is 2.00 bits per heavy atom. The van der Waals surface area contributed by atoms with Gasteiger partial charge in [0.05, 0.1) is 6.61 Å². The molecule has 88 valence electrons. The first-order chi connectivity index (χ1) is 8.19. The maximum atomic E-state index is 9.05. The van der Waals surface area contributed by atoms with Gasteiger partial charge in [0.25, 0.3) is 0 Å². The molecule has 3 nitrogen and oxygen atoms in total. The Labute approximate surface area is 101 Å². The molecule has 1 N–H and O–H groups in total. The Kier molecular flexibility index (Phi) is 3.40. The molecular weight excluding hydrogens is 214 g/mol. The minimum atomic E-state index is 0.00353. The second-order valence-corrected chi connectivity index (χ2v) is 3.97. The monoisotopic (exact) mass is 229 g/mol. The van der Waals surface area contributed by atoms with E-state index in [1.807, 2.05) is 44.2 Å². The van der Waals surface area contributed by atoms with E-state index in [0.717, 1.165) is 22.6 Å². The van der Waals surface area contributed by atoms with E-state index in [-0.39, 0.29) is 6.61 Å². The Morgan fingerprint density at radius 1 is 1.18 bits per heavy atom. The van der Waals surface area contributed by atoms with Crippen LogP contribution in [0.2, 0.25) is 0 Å². The molecule has 0 unspecified atom stereocenters. The van der Waals surface area contributed by atoms with E-state index < -0.39 is 0 Å². The van der Waals surface area contributed by atoms with Crippen LogP contribution >= 0.6 is 0 Å². The quantitative estimate of drug-likeness (QED) is 0.879. The molecule has 0 saturated carbocycles. The van der Waals surface area contributed by atoms with Crippen LogP contribution in [-0.4, -0.2) is 10.1 Å². The molecule has 1 heterocycles. The Balaban J connectivity index is 2.22. The average molecular weight is 229 g/mol. The predicted octanol–water partition coefficient (Wildman–Crippen LogP) is 2.98. The smallest absolute Gasteiger partial charge is 0.219 e. The summed E-state index contributed by atoms with van der Waals surface area (Å²) in [7, 11) is 0. The number of aliphatic hydroxyl groups excluding tert-OH is 1. The molecule has 17 heavy (non-hydrogen) atoms. The molecule has 0 saturated heterocycles. The number of hydrogen-bond donors (Lipinski definition) is 1. The van der Waals surface area contributed by atoms with Gasteiger partial charge in [-0.05, 0) is 43.2 Å². The van der Waals surface area contributed by atoms with Crippen LogP contribution in [-0.2, 0) is 6.61 Å². The molecule has 2 aromatic rings. The number of nitrogens with zero attached hydrogens (tertiary/aromatic N) is 1. The van der Waals surface area contributed by atoms with Crippen LogP contribution in [0.1, 0.15) is 16.8 Å². The molecule has 0 amide bonds. The number of rotatable bonds is 3. The molecular formula is C14H15NO2. The van der Waals surface area contributed by atoms with Crippen molar-refractivity contribution in [1.82, 2.24) is 4.98 Å². The van der Waals surface area contributed by atoms with Crippen molar-refractivity contribution in [3.63, 3.8) is 0 Å². The van der Waals surface area contributed by atoms with Crippen LogP contribution in [0.5, 0.6) is 11.6 Å². The number of aliphatic hydroxyl groups is 1. The Hall–Kier alpha value is -1.87. The summed E-state index contributed by atoms with van der Waals surface area (Å²) in [4.78, 5) is 4.29. The van der Waals surface area contributed by atoms with Gasteiger partial charge >= 0.3 is 0 Å². The summed E-state index contributed by atoms with van der Waals surface area (Å²) in [6, 6.07) is 11.4. The van der Waals surface area contributed by atoms with Crippen molar-refractivity contribution >= 4 is 0 Å². The van der Waals surface area contributed by atoms with E-state index in [1.54, 1.807) is 6.07 Å². The van der Waals surface area contributed by atoms with E-state index in [9.17, 15) is 0 Å². The molecule has 2 rings (SSSR count). The summed E-state index contributed by atoms with van der Waals surface area (Å²) in [5, 5.41) is 9.05. The number of aryl methyl sites for hydroxylation is 2. The first kappa shape index (κ1) is 11.6. The Bertz CT molecular complexity index is 523. The third-order valence-corrected chi connectivity index (χ3v) is 2.55. The van der Waals surface area contributed by atoms with Crippen LogP contribution in [0, 0.1) is 13.8 Å². The molecule has 0 spiro atoms. The molecule has 1 aromatic heterocycles. The molecule has 1 aromatic carbocycles. The van der Waals surface area contributed by atoms with Crippen LogP contribution in [0.25, 0.3) is 0 Å². The van der Waals surface area contributed by atoms with Crippen LogP contribution in [0.3, 0.4) is 0 Å². The summed E-state index contributed by atoms with van der Waals surface area (Å²) < 4.78 is 5.65. The second kappa shape index (κ2) is 4.97. The lowest BCUT2D eigenvalue weighted by Crippen LogP contribution is -1.95. The summed E-state index contributed by atoms with van der Waals surface area (Å²) in [5.74, 6) is 1.32. The molecule has 0 bridgehead atoms. The number of benzene rings is 1. The van der Waals surface area contributed by atoms with E-state index in [1.165, 1.54) is 0 Å². The fourth-order valence-electron chi connectivity index (χ4n) is 1.59. The van der Waals surface area contributed by atoms with E-state index in [4.69, 9.17) is 9.84 Å². The zero-order valence-electron chi connectivity index (χ0n) is 9.97. The number of pyridine rings is 1. The van der Waals surface area contributed by atoms with Gasteiger partial charge in [-0.3, -0.25) is 0 Å². The summed E-state index contributed by atoms with van der Waals surface area (Å²) in [5.41, 5.74) is 2.76. The highest BCUT2D eigenvalue weighted by Crippen LogP contribution is 2.21. The van der Waals surface area contributed by atoms with Crippen molar-refractivity contribution in [2.75, 3.05) is 0 Å². The van der Waals surface area contributed by atoms with Crippen molar-refractivity contribution in [2.24, 2.45) is 0 Å². The van der Waals surface area contributed by atoms with Crippen molar-refractivity contribution in [1.29, 1.82) is 0 Å². The summed E-state index contributed by atoms with van der Waals surface area (Å²) in [6.07, 6.45) is 0. The zero-order valence-corrected chi connectivity index (χ0v) is 9.97. The highest BCUT2D eigenvalue weighted by atomic mass is 16.5. The van der Waals surface area contributed by atoms with Gasteiger partial charge < -0.3 is 9.84 Å². The maximum Gasteiger partial charge on any atom is 0.219 e. The third-order valence-electron chi connectivity index (χ3n) is 2.55. The molecule has 0 aliphatic carbocycles. The van der Waals surface area contributed by atoms with E-state index >= 15 is 0 Å². The largest absolute Gasteiger partial charge is 0.439 e. The lowest BCUT2D eigenvalue weighted by molar-refractivity contribution is 0.280. The van der Waals surface area contributed by atoms with Crippen molar-refractivity contribution in [2.45, 2.75) is 20.5 Å². The summed E-state index contributed by atoms with van der Waals surface area (Å²) in [6.45, 7) is 3.87. The maximum absolute atomic E-state index is 9.05. The fraction of sp³-hybridized carbons (Fsp3) is 0.214. The first-order valence-corrected chi connectivity index (χ1v) is 5.51. The summed E-state index contributed by atoms with van der Waals surface area (Å²) >= 11 is 0. The number of ether oxygens (including phenoxy) is 1. The minimum absolute atomic E-state index is 0.00353. The van der Waals surface area contributed by atoms with Crippen molar-refractivity contribution in [3.05, 3.63) is 53.2 Å². The number of hydrogen-bond acceptors (Lipinski definition) is 3. The predicted molar refractivity (Wildman–Crippen MR) is 66.1 cm³/mol. The van der Waals surface area contributed by atoms with Gasteiger partial charge in [0, 0.05) is 11.8 Å². The lowest BCUT2D eigenvalue weighted by Gasteiger charge is -2.07. The SMILES string of the molecule is Cc1cccc(Oc2ccc(CO)c(C)n2)c1. The van der Waals surface area contributed by atoms with Gasteiger partial charge in [-0.15, -0.1) is 0 Å². The van der Waals surface area contributed by atoms with Gasteiger partial charge in [-0.1, -0.05) is 12.1 Å². The van der Waals surface area contributed by atoms with Gasteiger partial charge in [-0.2, -0.15) is 0 Å². The molecule has 0 radical (unpaired) electrons. The topological polar surface area (TPSA) is 42.4 Å². The zero-order chi connectivity index (χ0) is 12.3. The molecule has 0 aliphatic heterocycles. The van der Waals surface area contributed by atoms with E-state index in [0.29, 0.717) is 5.88 Å². The van der Waals surface area contributed by atoms with Gasteiger partial charge in [0.2, 0.25) is 5.88 Å². The molecule has 0 aliphatic rings. The van der Waals surface area contributed by atoms with Crippen molar-refractivity contribution < 1.29 is 9.84 Å². The lowest BCUT2D eigenvalue weighted by atomic mass is 10.2. The highest BCUT2D eigenvalue weighted by Gasteiger charge is 2.03. The standard InChI is InChI=1S/C14H15NO2/c1-10-4-3-5-13(8-10)17-14-7-6-12(9-16)11(2)15-14/h3-8,16H,9H2,1-2H3. The fourth-order valence-corrected chi connectivity index (χ4v) is 1.59. The first-order valence-electron chi connectivity index (χ1n) is 5.51. The van der Waals surface area contributed by atoms with Gasteiger partial charge in [-0.25, -0.2) is 4.98 Å². The normalized spacial score (nSPS) is 10.3. The average Bonchev–Trinajstić information content (AvgIpc) is 2.29. The minimum Gasteiger partial charge on any atom is -0.439 e. The second-order valence-electron chi connectivity index (χ2n) is 3.97. The molecule has 3 heteroatoms. The molecule has 0 fully saturated rings. The van der Waals surface area contributed by atoms with Crippen LogP contribution < -0.4 is 4.74 Å².